The molecule has 2 aliphatic rings. The number of hydrogen-bond donors (Lipinski definition) is 0. The standard InChI is InChI=1S/C18H22N4O3/c23-17(15-3-5-19-20-10-15)22-7-9-24-14-18(13-22)4-6-21(12-18)11-16-2-1-8-25-16/h1-3,5,8,10H,4,6-7,9,11-14H2. The summed E-state index contributed by atoms with van der Waals surface area (Å²) < 4.78 is 11.3. The molecule has 2 aliphatic heterocycles. The van der Waals surface area contributed by atoms with Crippen LogP contribution in [-0.2, 0) is 11.3 Å². The Labute approximate surface area is 146 Å². The van der Waals surface area contributed by atoms with Crippen molar-refractivity contribution in [3.8, 4) is 0 Å². The van der Waals surface area contributed by atoms with Crippen molar-refractivity contribution in [1.82, 2.24) is 20.0 Å². The van der Waals surface area contributed by atoms with Crippen molar-refractivity contribution >= 4 is 5.91 Å². The van der Waals surface area contributed by atoms with Crippen molar-refractivity contribution in [3.63, 3.8) is 0 Å². The lowest BCUT2D eigenvalue weighted by atomic mass is 9.87. The largest absolute Gasteiger partial charge is 0.468 e. The molecule has 4 heterocycles. The van der Waals surface area contributed by atoms with Crippen LogP contribution in [0.2, 0.25) is 0 Å². The minimum absolute atomic E-state index is 0.00394. The first-order chi connectivity index (χ1) is 12.2. The highest BCUT2D eigenvalue weighted by molar-refractivity contribution is 5.93. The zero-order chi connectivity index (χ0) is 17.1. The van der Waals surface area contributed by atoms with Crippen LogP contribution in [0, 0.1) is 5.41 Å². The fourth-order valence-corrected chi connectivity index (χ4v) is 3.80. The van der Waals surface area contributed by atoms with Crippen molar-refractivity contribution in [2.45, 2.75) is 13.0 Å². The molecule has 2 aromatic rings. The number of amides is 1. The summed E-state index contributed by atoms with van der Waals surface area (Å²) in [6, 6.07) is 5.63. The zero-order valence-electron chi connectivity index (χ0n) is 14.1. The molecule has 0 radical (unpaired) electrons. The molecule has 1 unspecified atom stereocenters. The Kier molecular flexibility index (Phi) is 4.50. The van der Waals surface area contributed by atoms with Crippen LogP contribution in [-0.4, -0.2) is 65.3 Å². The quantitative estimate of drug-likeness (QED) is 0.840. The third-order valence-electron chi connectivity index (χ3n) is 5.04. The highest BCUT2D eigenvalue weighted by Gasteiger charge is 2.42. The van der Waals surface area contributed by atoms with Gasteiger partial charge >= 0.3 is 0 Å². The van der Waals surface area contributed by atoms with E-state index in [9.17, 15) is 4.79 Å². The molecule has 0 aromatic carbocycles. The van der Waals surface area contributed by atoms with E-state index < -0.39 is 0 Å². The summed E-state index contributed by atoms with van der Waals surface area (Å²) >= 11 is 0. The molecule has 2 aromatic heterocycles. The molecule has 25 heavy (non-hydrogen) atoms. The predicted octanol–water partition coefficient (Wildman–Crippen LogP) is 1.43. The number of rotatable bonds is 3. The lowest BCUT2D eigenvalue weighted by Gasteiger charge is -2.32. The van der Waals surface area contributed by atoms with E-state index in [1.807, 2.05) is 17.0 Å². The maximum Gasteiger partial charge on any atom is 0.255 e. The molecule has 0 saturated carbocycles. The van der Waals surface area contributed by atoms with Gasteiger partial charge < -0.3 is 14.1 Å². The molecule has 132 valence electrons. The SMILES string of the molecule is O=C(c1ccnnc1)N1CCOCC2(CCN(Cc3ccco3)C2)C1. The molecule has 4 rings (SSSR count). The van der Waals surface area contributed by atoms with Gasteiger partial charge in [-0.25, -0.2) is 0 Å². The molecule has 7 nitrogen and oxygen atoms in total. The van der Waals surface area contributed by atoms with E-state index in [0.717, 1.165) is 31.8 Å². The third kappa shape index (κ3) is 3.57. The van der Waals surface area contributed by atoms with Gasteiger partial charge in [-0.1, -0.05) is 0 Å². The van der Waals surface area contributed by atoms with Gasteiger partial charge in [-0.2, -0.15) is 10.2 Å². The average molecular weight is 342 g/mol. The average Bonchev–Trinajstić information content (AvgIpc) is 3.23. The van der Waals surface area contributed by atoms with Gasteiger partial charge in [0.1, 0.15) is 5.76 Å². The van der Waals surface area contributed by atoms with E-state index in [4.69, 9.17) is 9.15 Å². The van der Waals surface area contributed by atoms with Gasteiger partial charge in [0, 0.05) is 25.0 Å². The number of nitrogens with zero attached hydrogens (tertiary/aromatic N) is 4. The molecule has 1 amide bonds. The second-order valence-corrected chi connectivity index (χ2v) is 6.95. The fraction of sp³-hybridized carbons (Fsp3) is 0.500. The van der Waals surface area contributed by atoms with E-state index in [1.165, 1.54) is 6.20 Å². The molecular weight excluding hydrogens is 320 g/mol. The first kappa shape index (κ1) is 16.2. The van der Waals surface area contributed by atoms with Gasteiger partial charge in [-0.3, -0.25) is 9.69 Å². The lowest BCUT2D eigenvalue weighted by Crippen LogP contribution is -2.43. The number of ether oxygens (including phenoxy) is 1. The van der Waals surface area contributed by atoms with Crippen molar-refractivity contribution < 1.29 is 13.9 Å². The fourth-order valence-electron chi connectivity index (χ4n) is 3.80. The molecule has 2 saturated heterocycles. The van der Waals surface area contributed by atoms with Crippen molar-refractivity contribution in [2.75, 3.05) is 39.4 Å². The van der Waals surface area contributed by atoms with Crippen LogP contribution in [0.1, 0.15) is 22.5 Å². The summed E-state index contributed by atoms with van der Waals surface area (Å²) in [6.45, 7) is 5.29. The Morgan fingerprint density at radius 1 is 1.24 bits per heavy atom. The number of carbonyl (C=O) groups is 1. The van der Waals surface area contributed by atoms with E-state index >= 15 is 0 Å². The second-order valence-electron chi connectivity index (χ2n) is 6.95. The lowest BCUT2D eigenvalue weighted by molar-refractivity contribution is 0.0640. The summed E-state index contributed by atoms with van der Waals surface area (Å²) in [7, 11) is 0. The highest BCUT2D eigenvalue weighted by atomic mass is 16.5. The number of carbonyl (C=O) groups excluding carboxylic acids is 1. The molecular formula is C18H22N4O3. The molecule has 0 bridgehead atoms. The predicted molar refractivity (Wildman–Crippen MR) is 89.8 cm³/mol. The van der Waals surface area contributed by atoms with Gasteiger partial charge in [-0.05, 0) is 31.2 Å². The van der Waals surface area contributed by atoms with Gasteiger partial charge in [0.25, 0.3) is 5.91 Å². The van der Waals surface area contributed by atoms with Gasteiger partial charge in [0.05, 0.1) is 44.0 Å². The highest BCUT2D eigenvalue weighted by Crippen LogP contribution is 2.34. The normalized spacial score (nSPS) is 24.6. The maximum atomic E-state index is 12.8. The third-order valence-corrected chi connectivity index (χ3v) is 5.04. The summed E-state index contributed by atoms with van der Waals surface area (Å²) in [5.41, 5.74) is 0.566. The topological polar surface area (TPSA) is 71.7 Å². The number of furan rings is 1. The van der Waals surface area contributed by atoms with E-state index in [0.29, 0.717) is 31.9 Å². The summed E-state index contributed by atoms with van der Waals surface area (Å²) in [5.74, 6) is 0.978. The van der Waals surface area contributed by atoms with Crippen LogP contribution < -0.4 is 0 Å². The Morgan fingerprint density at radius 2 is 2.20 bits per heavy atom. The Bertz CT molecular complexity index is 706. The first-order valence-corrected chi connectivity index (χ1v) is 8.63. The molecule has 0 aliphatic carbocycles. The zero-order valence-corrected chi connectivity index (χ0v) is 14.1. The van der Waals surface area contributed by atoms with E-state index in [1.54, 1.807) is 18.5 Å². The summed E-state index contributed by atoms with van der Waals surface area (Å²) in [5, 5.41) is 7.57. The molecule has 2 fully saturated rings. The summed E-state index contributed by atoms with van der Waals surface area (Å²) in [6.07, 6.45) is 5.81. The van der Waals surface area contributed by atoms with Crippen LogP contribution in [0.3, 0.4) is 0 Å². The first-order valence-electron chi connectivity index (χ1n) is 8.63. The minimum Gasteiger partial charge on any atom is -0.468 e. The Morgan fingerprint density at radius 3 is 3.00 bits per heavy atom. The molecule has 1 spiro atoms. The van der Waals surface area contributed by atoms with Crippen LogP contribution in [0.4, 0.5) is 0 Å². The van der Waals surface area contributed by atoms with Crippen LogP contribution in [0.15, 0.2) is 41.3 Å². The molecule has 1 atom stereocenters. The minimum atomic E-state index is -0.0147. The van der Waals surface area contributed by atoms with Gasteiger partial charge in [-0.15, -0.1) is 0 Å². The monoisotopic (exact) mass is 342 g/mol. The van der Waals surface area contributed by atoms with Crippen molar-refractivity contribution in [1.29, 1.82) is 0 Å². The van der Waals surface area contributed by atoms with Crippen LogP contribution in [0.5, 0.6) is 0 Å². The number of likely N-dealkylation sites (tertiary alicyclic amines) is 1. The van der Waals surface area contributed by atoms with E-state index in [2.05, 4.69) is 15.1 Å². The Hall–Kier alpha value is -2.25. The van der Waals surface area contributed by atoms with E-state index in [-0.39, 0.29) is 11.3 Å². The molecule has 7 heteroatoms. The second kappa shape index (κ2) is 6.93. The van der Waals surface area contributed by atoms with Crippen molar-refractivity contribution in [2.24, 2.45) is 5.41 Å². The van der Waals surface area contributed by atoms with Gasteiger partial charge in [0.15, 0.2) is 0 Å². The smallest absolute Gasteiger partial charge is 0.255 e. The van der Waals surface area contributed by atoms with Crippen LogP contribution in [0.25, 0.3) is 0 Å². The maximum absolute atomic E-state index is 12.8. The van der Waals surface area contributed by atoms with Gasteiger partial charge in [0.2, 0.25) is 0 Å². The molecule has 0 N–H and O–H groups in total. The Balaban J connectivity index is 1.46. The van der Waals surface area contributed by atoms with Crippen molar-refractivity contribution in [3.05, 3.63) is 48.2 Å². The number of hydrogen-bond acceptors (Lipinski definition) is 6. The summed E-state index contributed by atoms with van der Waals surface area (Å²) in [4.78, 5) is 17.1. The van der Waals surface area contributed by atoms with Crippen LogP contribution >= 0.6 is 0 Å². The number of aromatic nitrogens is 2.